The quantitative estimate of drug-likeness (QED) is 0.702. The Balaban J connectivity index is 1.77. The van der Waals surface area contributed by atoms with Gasteiger partial charge in [0.15, 0.2) is 0 Å². The second-order valence-electron chi connectivity index (χ2n) is 6.17. The first-order valence-corrected chi connectivity index (χ1v) is 10.6. The monoisotopic (exact) mass is 291 g/mol. The van der Waals surface area contributed by atoms with Crippen molar-refractivity contribution in [2.45, 2.75) is 13.1 Å². The molecule has 0 heterocycles. The van der Waals surface area contributed by atoms with Crippen LogP contribution in [0.5, 0.6) is 0 Å². The normalized spacial score (nSPS) is 11.5. The Bertz CT molecular complexity index is 735. The molecule has 1 N–H and O–H groups in total. The summed E-state index contributed by atoms with van der Waals surface area (Å²) in [5.41, 5.74) is 1.21. The molecule has 0 unspecified atom stereocenters. The van der Waals surface area contributed by atoms with E-state index in [9.17, 15) is 0 Å². The first-order chi connectivity index (χ1) is 10.1. The van der Waals surface area contributed by atoms with Gasteiger partial charge in [0.05, 0.1) is 0 Å². The summed E-state index contributed by atoms with van der Waals surface area (Å²) in [5, 5.41) is 7.72. The summed E-state index contributed by atoms with van der Waals surface area (Å²) in [6.45, 7) is 4.83. The first kappa shape index (κ1) is 13.9. The molecular weight excluding hydrogens is 270 g/mol. The second-order valence-corrected chi connectivity index (χ2v) is 10.9. The Hall–Kier alpha value is -2.06. The maximum atomic E-state index is 3.64. The van der Waals surface area contributed by atoms with E-state index in [-0.39, 0.29) is 0 Å². The predicted molar refractivity (Wildman–Crippen MR) is 96.0 cm³/mol. The zero-order valence-corrected chi connectivity index (χ0v) is 13.6. The molecule has 0 aliphatic carbocycles. The van der Waals surface area contributed by atoms with E-state index in [0.29, 0.717) is 0 Å². The second kappa shape index (κ2) is 5.74. The molecule has 21 heavy (non-hydrogen) atoms. The van der Waals surface area contributed by atoms with Gasteiger partial charge in [-0.15, -0.1) is 0 Å². The number of hydrogen-bond donors (Lipinski definition) is 1. The lowest BCUT2D eigenvalue weighted by Crippen LogP contribution is -2.48. The molecule has 3 rings (SSSR count). The van der Waals surface area contributed by atoms with Crippen LogP contribution in [0.2, 0.25) is 13.1 Å². The Kier molecular flexibility index (Phi) is 3.80. The Morgan fingerprint density at radius 2 is 1.43 bits per heavy atom. The van der Waals surface area contributed by atoms with Crippen LogP contribution >= 0.6 is 0 Å². The molecule has 106 valence electrons. The summed E-state index contributed by atoms with van der Waals surface area (Å²) < 4.78 is 0. The third-order valence-corrected chi connectivity index (χ3v) is 7.00. The Labute approximate surface area is 127 Å². The predicted octanol–water partition coefficient (Wildman–Crippen LogP) is 4.41. The highest BCUT2D eigenvalue weighted by molar-refractivity contribution is 6.90. The lowest BCUT2D eigenvalue weighted by atomic mass is 10.1. The van der Waals surface area contributed by atoms with Gasteiger partial charge in [-0.05, 0) is 22.9 Å². The highest BCUT2D eigenvalue weighted by atomic mass is 28.3. The van der Waals surface area contributed by atoms with Crippen LogP contribution in [-0.2, 0) is 0 Å². The van der Waals surface area contributed by atoms with Gasteiger partial charge in [0, 0.05) is 11.9 Å². The molecule has 0 radical (unpaired) electrons. The molecule has 0 atom stereocenters. The van der Waals surface area contributed by atoms with Gasteiger partial charge < -0.3 is 5.32 Å². The lowest BCUT2D eigenvalue weighted by Gasteiger charge is -2.24. The van der Waals surface area contributed by atoms with Crippen LogP contribution in [0, 0.1) is 0 Å². The fraction of sp³-hybridized carbons (Fsp3) is 0.158. The number of anilines is 1. The van der Waals surface area contributed by atoms with E-state index < -0.39 is 8.07 Å². The number of fused-ring (bicyclic) bond motifs is 1. The molecule has 2 heteroatoms. The van der Waals surface area contributed by atoms with Gasteiger partial charge in [-0.2, -0.15) is 0 Å². The minimum atomic E-state index is -1.44. The highest BCUT2D eigenvalue weighted by Crippen LogP contribution is 2.19. The van der Waals surface area contributed by atoms with E-state index in [1.54, 1.807) is 0 Å². The molecule has 0 saturated heterocycles. The first-order valence-electron chi connectivity index (χ1n) is 7.43. The van der Waals surface area contributed by atoms with E-state index in [4.69, 9.17) is 0 Å². The highest BCUT2D eigenvalue weighted by Gasteiger charge is 2.22. The molecular formula is C19H21NSi. The van der Waals surface area contributed by atoms with Crippen molar-refractivity contribution in [1.29, 1.82) is 0 Å². The van der Waals surface area contributed by atoms with Crippen LogP contribution in [0.1, 0.15) is 0 Å². The topological polar surface area (TPSA) is 12.0 Å². The lowest BCUT2D eigenvalue weighted by molar-refractivity contribution is 1.38. The van der Waals surface area contributed by atoms with Crippen molar-refractivity contribution < 1.29 is 0 Å². The van der Waals surface area contributed by atoms with Gasteiger partial charge in [-0.25, -0.2) is 0 Å². The summed E-state index contributed by atoms with van der Waals surface area (Å²) >= 11 is 0. The zero-order chi connectivity index (χ0) is 14.7. The van der Waals surface area contributed by atoms with Crippen LogP contribution in [0.3, 0.4) is 0 Å². The van der Waals surface area contributed by atoms with Crippen molar-refractivity contribution in [1.82, 2.24) is 0 Å². The van der Waals surface area contributed by atoms with Crippen LogP contribution in [0.25, 0.3) is 10.8 Å². The summed E-state index contributed by atoms with van der Waals surface area (Å²) in [7, 11) is -1.44. The number of hydrogen-bond acceptors (Lipinski definition) is 1. The molecule has 0 aliphatic heterocycles. The van der Waals surface area contributed by atoms with E-state index >= 15 is 0 Å². The van der Waals surface area contributed by atoms with Crippen molar-refractivity contribution in [3.05, 3.63) is 72.8 Å². The average molecular weight is 291 g/mol. The zero-order valence-electron chi connectivity index (χ0n) is 12.6. The SMILES string of the molecule is C[Si](C)(CNc1ccc2ccccc2c1)c1ccccc1. The van der Waals surface area contributed by atoms with Crippen molar-refractivity contribution in [3.63, 3.8) is 0 Å². The molecule has 3 aromatic carbocycles. The van der Waals surface area contributed by atoms with Gasteiger partial charge in [0.1, 0.15) is 8.07 Å². The minimum Gasteiger partial charge on any atom is -0.388 e. The van der Waals surface area contributed by atoms with Gasteiger partial charge in [-0.3, -0.25) is 0 Å². The maximum Gasteiger partial charge on any atom is 0.101 e. The van der Waals surface area contributed by atoms with Crippen molar-refractivity contribution >= 4 is 29.7 Å². The van der Waals surface area contributed by atoms with Gasteiger partial charge in [0.2, 0.25) is 0 Å². The number of rotatable bonds is 4. The molecule has 3 aromatic rings. The van der Waals surface area contributed by atoms with Gasteiger partial charge in [-0.1, -0.05) is 78.9 Å². The summed E-state index contributed by atoms with van der Waals surface area (Å²) in [4.78, 5) is 0. The van der Waals surface area contributed by atoms with Crippen LogP contribution in [0.15, 0.2) is 72.8 Å². The van der Waals surface area contributed by atoms with Gasteiger partial charge >= 0.3 is 0 Å². The van der Waals surface area contributed by atoms with E-state index in [2.05, 4.69) is 91.2 Å². The van der Waals surface area contributed by atoms with Crippen molar-refractivity contribution in [2.24, 2.45) is 0 Å². The summed E-state index contributed by atoms with van der Waals surface area (Å²) in [6, 6.07) is 26.0. The number of nitrogens with one attached hydrogen (secondary N) is 1. The average Bonchev–Trinajstić information content (AvgIpc) is 2.54. The Morgan fingerprint density at radius 3 is 2.19 bits per heavy atom. The third-order valence-electron chi connectivity index (χ3n) is 4.04. The van der Waals surface area contributed by atoms with Crippen LogP contribution < -0.4 is 10.5 Å². The molecule has 0 fully saturated rings. The minimum absolute atomic E-state index is 1.05. The van der Waals surface area contributed by atoms with Crippen molar-refractivity contribution in [3.8, 4) is 0 Å². The molecule has 0 aliphatic rings. The fourth-order valence-corrected chi connectivity index (χ4v) is 4.56. The maximum absolute atomic E-state index is 3.64. The van der Waals surface area contributed by atoms with Crippen molar-refractivity contribution in [2.75, 3.05) is 11.5 Å². The molecule has 0 bridgehead atoms. The fourth-order valence-electron chi connectivity index (χ4n) is 2.61. The van der Waals surface area contributed by atoms with E-state index in [0.717, 1.165) is 6.17 Å². The largest absolute Gasteiger partial charge is 0.388 e. The Morgan fingerprint density at radius 1 is 0.762 bits per heavy atom. The third kappa shape index (κ3) is 3.17. The van der Waals surface area contributed by atoms with Crippen LogP contribution in [-0.4, -0.2) is 14.2 Å². The van der Waals surface area contributed by atoms with E-state index in [1.807, 2.05) is 0 Å². The summed E-state index contributed by atoms with van der Waals surface area (Å²) in [6.07, 6.45) is 1.05. The molecule has 0 spiro atoms. The molecule has 1 nitrogen and oxygen atoms in total. The number of benzene rings is 3. The molecule has 0 aromatic heterocycles. The van der Waals surface area contributed by atoms with Gasteiger partial charge in [0.25, 0.3) is 0 Å². The molecule has 0 saturated carbocycles. The smallest absolute Gasteiger partial charge is 0.101 e. The van der Waals surface area contributed by atoms with Crippen LogP contribution in [0.4, 0.5) is 5.69 Å². The van der Waals surface area contributed by atoms with E-state index in [1.165, 1.54) is 21.6 Å². The standard InChI is InChI=1S/C19H21NSi/c1-21(2,19-10-4-3-5-11-19)15-20-18-13-12-16-8-6-7-9-17(16)14-18/h3-14,20H,15H2,1-2H3. The molecule has 0 amide bonds. The summed E-state index contributed by atoms with van der Waals surface area (Å²) in [5.74, 6) is 0.